The highest BCUT2D eigenvalue weighted by Gasteiger charge is 2.28. The van der Waals surface area contributed by atoms with Gasteiger partial charge in [-0.2, -0.15) is 0 Å². The summed E-state index contributed by atoms with van der Waals surface area (Å²) < 4.78 is 0.862. The van der Waals surface area contributed by atoms with Crippen LogP contribution in [0.1, 0.15) is 18.4 Å². The van der Waals surface area contributed by atoms with E-state index in [-0.39, 0.29) is 0 Å². The van der Waals surface area contributed by atoms with Gasteiger partial charge in [-0.05, 0) is 54.0 Å². The molecule has 3 nitrogen and oxygen atoms in total. The average Bonchev–Trinajstić information content (AvgIpc) is 3.10. The standard InChI is InChI=1S/C12H15ClIN3/c1-7-3-2-4-9(13)11(7)17(16)12(14)10(15)8-5-6-8/h2-4,8H,5-6,15-16H2,1H3/b12-10-. The first-order chi connectivity index (χ1) is 8.02. The quantitative estimate of drug-likeness (QED) is 0.375. The third-order valence-electron chi connectivity index (χ3n) is 2.90. The van der Waals surface area contributed by atoms with E-state index in [1.54, 1.807) is 5.01 Å². The third kappa shape index (κ3) is 2.69. The van der Waals surface area contributed by atoms with Crippen LogP contribution in [0.25, 0.3) is 0 Å². The Morgan fingerprint density at radius 2 is 2.12 bits per heavy atom. The van der Waals surface area contributed by atoms with Crippen LogP contribution in [0.15, 0.2) is 27.6 Å². The molecule has 1 aliphatic rings. The number of hydrogen-bond acceptors (Lipinski definition) is 3. The van der Waals surface area contributed by atoms with Gasteiger partial charge in [0.15, 0.2) is 0 Å². The topological polar surface area (TPSA) is 55.3 Å². The van der Waals surface area contributed by atoms with Crippen LogP contribution in [0.2, 0.25) is 5.02 Å². The molecule has 1 aromatic carbocycles. The number of nitrogens with two attached hydrogens (primary N) is 2. The van der Waals surface area contributed by atoms with E-state index in [9.17, 15) is 0 Å². The monoisotopic (exact) mass is 363 g/mol. The minimum Gasteiger partial charge on any atom is -0.400 e. The summed E-state index contributed by atoms with van der Waals surface area (Å²) >= 11 is 8.36. The van der Waals surface area contributed by atoms with Gasteiger partial charge in [0.1, 0.15) is 3.70 Å². The summed E-state index contributed by atoms with van der Waals surface area (Å²) in [6.45, 7) is 1.98. The van der Waals surface area contributed by atoms with Gasteiger partial charge in [-0.25, -0.2) is 5.84 Å². The lowest BCUT2D eigenvalue weighted by atomic mass is 10.2. The molecule has 1 fully saturated rings. The lowest BCUT2D eigenvalue weighted by molar-refractivity contribution is 0.932. The Balaban J connectivity index is 2.36. The summed E-state index contributed by atoms with van der Waals surface area (Å²) in [5.41, 5.74) is 8.80. The second-order valence-corrected chi connectivity index (χ2v) is 5.72. The van der Waals surface area contributed by atoms with Crippen LogP contribution >= 0.6 is 34.2 Å². The van der Waals surface area contributed by atoms with Crippen molar-refractivity contribution in [3.63, 3.8) is 0 Å². The van der Waals surface area contributed by atoms with E-state index in [4.69, 9.17) is 23.2 Å². The molecule has 0 heterocycles. The number of rotatable bonds is 3. The number of hydrazine groups is 1. The molecule has 2 rings (SSSR count). The lowest BCUT2D eigenvalue weighted by Gasteiger charge is -2.23. The third-order valence-corrected chi connectivity index (χ3v) is 4.34. The van der Waals surface area contributed by atoms with Crippen LogP contribution in [0.5, 0.6) is 0 Å². The van der Waals surface area contributed by atoms with Gasteiger partial charge in [-0.1, -0.05) is 23.7 Å². The maximum Gasteiger partial charge on any atom is 0.114 e. The SMILES string of the molecule is Cc1cccc(Cl)c1N(N)/C(I)=C(\N)C1CC1. The Kier molecular flexibility index (Phi) is 3.85. The molecule has 4 N–H and O–H groups in total. The molecule has 1 saturated carbocycles. The maximum absolute atomic E-state index is 6.18. The normalized spacial score (nSPS) is 16.7. The van der Waals surface area contributed by atoms with Crippen molar-refractivity contribution in [3.8, 4) is 0 Å². The van der Waals surface area contributed by atoms with Crippen LogP contribution in [0.4, 0.5) is 5.69 Å². The van der Waals surface area contributed by atoms with E-state index in [1.807, 2.05) is 25.1 Å². The summed E-state index contributed by atoms with van der Waals surface area (Å²) in [7, 11) is 0. The van der Waals surface area contributed by atoms with Crippen molar-refractivity contribution in [2.45, 2.75) is 19.8 Å². The molecule has 92 valence electrons. The molecule has 0 aliphatic heterocycles. The molecule has 17 heavy (non-hydrogen) atoms. The molecule has 0 saturated heterocycles. The van der Waals surface area contributed by atoms with Crippen LogP contribution in [-0.4, -0.2) is 0 Å². The van der Waals surface area contributed by atoms with Gasteiger partial charge in [0, 0.05) is 11.6 Å². The molecule has 0 atom stereocenters. The fraction of sp³-hybridized carbons (Fsp3) is 0.333. The van der Waals surface area contributed by atoms with Crippen molar-refractivity contribution in [3.05, 3.63) is 38.2 Å². The molecular formula is C12H15ClIN3. The first-order valence-corrected chi connectivity index (χ1v) is 6.93. The number of allylic oxidation sites excluding steroid dienone is 1. The number of para-hydroxylation sites is 1. The van der Waals surface area contributed by atoms with Gasteiger partial charge in [0.25, 0.3) is 0 Å². The molecule has 0 aromatic heterocycles. The van der Waals surface area contributed by atoms with Crippen LogP contribution in [0.3, 0.4) is 0 Å². The number of hydrogen-bond donors (Lipinski definition) is 2. The summed E-state index contributed by atoms with van der Waals surface area (Å²) in [6.07, 6.45) is 2.32. The molecule has 0 bridgehead atoms. The Hall–Kier alpha value is -0.460. The Morgan fingerprint density at radius 3 is 2.65 bits per heavy atom. The number of halogens is 2. The molecule has 0 radical (unpaired) electrons. The predicted molar refractivity (Wildman–Crippen MR) is 80.8 cm³/mol. The Labute approximate surface area is 120 Å². The van der Waals surface area contributed by atoms with Crippen LogP contribution in [-0.2, 0) is 0 Å². The van der Waals surface area contributed by atoms with Crippen molar-refractivity contribution >= 4 is 39.9 Å². The van der Waals surface area contributed by atoms with Gasteiger partial charge in [0.05, 0.1) is 10.7 Å². The molecule has 1 aromatic rings. The van der Waals surface area contributed by atoms with E-state index in [0.29, 0.717) is 10.9 Å². The first-order valence-electron chi connectivity index (χ1n) is 5.47. The number of benzene rings is 1. The summed E-state index contributed by atoms with van der Waals surface area (Å²) in [4.78, 5) is 0. The van der Waals surface area contributed by atoms with Crippen molar-refractivity contribution < 1.29 is 0 Å². The van der Waals surface area contributed by atoms with E-state index in [1.165, 1.54) is 0 Å². The van der Waals surface area contributed by atoms with Crippen molar-refractivity contribution in [2.75, 3.05) is 5.01 Å². The van der Waals surface area contributed by atoms with E-state index in [2.05, 4.69) is 22.6 Å². The molecule has 5 heteroatoms. The number of aryl methyl sites for hydroxylation is 1. The maximum atomic E-state index is 6.18. The zero-order valence-corrected chi connectivity index (χ0v) is 12.5. The van der Waals surface area contributed by atoms with Gasteiger partial charge in [-0.3, -0.25) is 5.01 Å². The summed E-state index contributed by atoms with van der Waals surface area (Å²) in [6, 6.07) is 5.73. The molecule has 0 spiro atoms. The summed E-state index contributed by atoms with van der Waals surface area (Å²) in [5.74, 6) is 6.61. The summed E-state index contributed by atoms with van der Waals surface area (Å²) in [5, 5.41) is 2.23. The van der Waals surface area contributed by atoms with E-state index < -0.39 is 0 Å². The van der Waals surface area contributed by atoms with Crippen molar-refractivity contribution in [2.24, 2.45) is 17.5 Å². The highest BCUT2D eigenvalue weighted by Crippen LogP contribution is 2.39. The molecule has 0 unspecified atom stereocenters. The fourth-order valence-corrected chi connectivity index (χ4v) is 2.72. The predicted octanol–water partition coefficient (Wildman–Crippen LogP) is 3.30. The Morgan fingerprint density at radius 1 is 1.47 bits per heavy atom. The lowest BCUT2D eigenvalue weighted by Crippen LogP contribution is -2.31. The van der Waals surface area contributed by atoms with E-state index in [0.717, 1.165) is 33.5 Å². The first kappa shape index (κ1) is 13.0. The zero-order chi connectivity index (χ0) is 12.6. The van der Waals surface area contributed by atoms with E-state index >= 15 is 0 Å². The molecule has 0 amide bonds. The van der Waals surface area contributed by atoms with Gasteiger partial charge >= 0.3 is 0 Å². The fourth-order valence-electron chi connectivity index (χ4n) is 1.73. The van der Waals surface area contributed by atoms with Gasteiger partial charge < -0.3 is 5.73 Å². The number of anilines is 1. The van der Waals surface area contributed by atoms with Gasteiger partial charge in [-0.15, -0.1) is 0 Å². The zero-order valence-electron chi connectivity index (χ0n) is 9.58. The minimum absolute atomic E-state index is 0.496. The van der Waals surface area contributed by atoms with Crippen molar-refractivity contribution in [1.82, 2.24) is 0 Å². The van der Waals surface area contributed by atoms with Crippen LogP contribution < -0.4 is 16.6 Å². The molecular weight excluding hydrogens is 349 g/mol. The Bertz CT molecular complexity index is 449. The average molecular weight is 364 g/mol. The second-order valence-electron chi connectivity index (χ2n) is 4.30. The van der Waals surface area contributed by atoms with Crippen LogP contribution in [0, 0.1) is 12.8 Å². The second kappa shape index (κ2) is 5.04. The largest absolute Gasteiger partial charge is 0.400 e. The highest BCUT2D eigenvalue weighted by atomic mass is 127. The smallest absolute Gasteiger partial charge is 0.114 e. The van der Waals surface area contributed by atoms with Crippen molar-refractivity contribution in [1.29, 1.82) is 0 Å². The molecule has 1 aliphatic carbocycles. The minimum atomic E-state index is 0.496. The van der Waals surface area contributed by atoms with Gasteiger partial charge in [0.2, 0.25) is 0 Å². The highest BCUT2D eigenvalue weighted by molar-refractivity contribution is 14.1. The number of nitrogens with zero attached hydrogens (tertiary/aromatic N) is 1.